The molecule has 6 rings (SSSR count). The molecule has 0 bridgehead atoms. The number of H-pyrrole nitrogens is 1. The molecule has 2 aromatic heterocycles. The molecule has 2 aliphatic rings. The standard InChI is InChI=1S/C23H24N4O3/c1-28-16-3-5-19-18(13-16)17-6-7-27(14-21(17)24-19)15-2-4-20-22(12-15)30-23(25-20)26-8-10-29-11-9-26/h2-5,12-13,24H,6-11,14H2,1H3. The van der Waals surface area contributed by atoms with Gasteiger partial charge in [-0.1, -0.05) is 0 Å². The molecule has 1 saturated heterocycles. The summed E-state index contributed by atoms with van der Waals surface area (Å²) in [7, 11) is 1.71. The minimum Gasteiger partial charge on any atom is -0.497 e. The number of fused-ring (bicyclic) bond motifs is 4. The zero-order valence-corrected chi connectivity index (χ0v) is 17.0. The Labute approximate surface area is 174 Å². The van der Waals surface area contributed by atoms with E-state index in [0.29, 0.717) is 6.01 Å². The number of nitrogens with zero attached hydrogens (tertiary/aromatic N) is 3. The van der Waals surface area contributed by atoms with Gasteiger partial charge < -0.3 is 28.7 Å². The summed E-state index contributed by atoms with van der Waals surface area (Å²) >= 11 is 0. The number of anilines is 2. The average molecular weight is 404 g/mol. The molecule has 0 aliphatic carbocycles. The highest BCUT2D eigenvalue weighted by Gasteiger charge is 2.22. The fraction of sp³-hybridized carbons (Fsp3) is 0.348. The van der Waals surface area contributed by atoms with E-state index in [4.69, 9.17) is 13.9 Å². The molecule has 0 unspecified atom stereocenters. The summed E-state index contributed by atoms with van der Waals surface area (Å²) in [5.74, 6) is 0.901. The highest BCUT2D eigenvalue weighted by Crippen LogP contribution is 2.33. The van der Waals surface area contributed by atoms with Crippen LogP contribution in [-0.4, -0.2) is 49.9 Å². The second-order valence-electron chi connectivity index (χ2n) is 7.91. The lowest BCUT2D eigenvalue weighted by molar-refractivity contribution is 0.120. The van der Waals surface area contributed by atoms with E-state index in [1.807, 2.05) is 6.07 Å². The van der Waals surface area contributed by atoms with Crippen molar-refractivity contribution >= 4 is 33.7 Å². The number of benzene rings is 2. The Bertz CT molecular complexity index is 1220. The molecular formula is C23H24N4O3. The van der Waals surface area contributed by atoms with E-state index in [0.717, 1.165) is 68.4 Å². The summed E-state index contributed by atoms with van der Waals surface area (Å²) in [5, 5.41) is 1.27. The average Bonchev–Trinajstić information content (AvgIpc) is 3.39. The van der Waals surface area contributed by atoms with Gasteiger partial charge in [0.2, 0.25) is 0 Å². The molecule has 2 aliphatic heterocycles. The maximum absolute atomic E-state index is 6.09. The van der Waals surface area contributed by atoms with Crippen LogP contribution in [0.3, 0.4) is 0 Å². The van der Waals surface area contributed by atoms with Gasteiger partial charge in [-0.25, -0.2) is 0 Å². The number of hydrogen-bond acceptors (Lipinski definition) is 6. The van der Waals surface area contributed by atoms with Crippen molar-refractivity contribution in [2.45, 2.75) is 13.0 Å². The van der Waals surface area contributed by atoms with Crippen molar-refractivity contribution in [2.24, 2.45) is 0 Å². The number of ether oxygens (including phenoxy) is 2. The molecule has 4 heterocycles. The van der Waals surface area contributed by atoms with Gasteiger partial charge in [-0.3, -0.25) is 0 Å². The van der Waals surface area contributed by atoms with Gasteiger partial charge in [-0.15, -0.1) is 0 Å². The Morgan fingerprint density at radius 3 is 2.80 bits per heavy atom. The van der Waals surface area contributed by atoms with Gasteiger partial charge in [0.1, 0.15) is 11.3 Å². The molecule has 2 aromatic carbocycles. The van der Waals surface area contributed by atoms with Crippen LogP contribution < -0.4 is 14.5 Å². The summed E-state index contributed by atoms with van der Waals surface area (Å²) in [5.41, 5.74) is 6.74. The van der Waals surface area contributed by atoms with Crippen LogP contribution in [0.25, 0.3) is 22.0 Å². The molecule has 0 amide bonds. The van der Waals surface area contributed by atoms with Crippen LogP contribution in [0.1, 0.15) is 11.3 Å². The van der Waals surface area contributed by atoms with Gasteiger partial charge in [-0.05, 0) is 42.3 Å². The molecular weight excluding hydrogens is 380 g/mol. The number of aromatic amines is 1. The highest BCUT2D eigenvalue weighted by atomic mass is 16.5. The number of aromatic nitrogens is 2. The van der Waals surface area contributed by atoms with Crippen molar-refractivity contribution in [3.63, 3.8) is 0 Å². The van der Waals surface area contributed by atoms with Gasteiger partial charge >= 0.3 is 0 Å². The first kappa shape index (κ1) is 17.7. The fourth-order valence-electron chi connectivity index (χ4n) is 4.55. The van der Waals surface area contributed by atoms with E-state index >= 15 is 0 Å². The molecule has 0 radical (unpaired) electrons. The van der Waals surface area contributed by atoms with E-state index < -0.39 is 0 Å². The first-order chi connectivity index (χ1) is 14.8. The van der Waals surface area contributed by atoms with Crippen LogP contribution in [0.5, 0.6) is 5.75 Å². The second-order valence-corrected chi connectivity index (χ2v) is 7.91. The number of rotatable bonds is 3. The van der Waals surface area contributed by atoms with E-state index in [9.17, 15) is 0 Å². The van der Waals surface area contributed by atoms with Crippen LogP contribution >= 0.6 is 0 Å². The van der Waals surface area contributed by atoms with Crippen molar-refractivity contribution in [1.29, 1.82) is 0 Å². The molecule has 0 atom stereocenters. The monoisotopic (exact) mass is 404 g/mol. The normalized spacial score (nSPS) is 17.0. The number of hydrogen-bond donors (Lipinski definition) is 1. The minimum absolute atomic E-state index is 0.691. The van der Waals surface area contributed by atoms with E-state index in [2.05, 4.69) is 50.1 Å². The fourth-order valence-corrected chi connectivity index (χ4v) is 4.55. The van der Waals surface area contributed by atoms with Crippen molar-refractivity contribution in [3.8, 4) is 5.75 Å². The summed E-state index contributed by atoms with van der Waals surface area (Å²) in [6.07, 6.45) is 0.996. The second kappa shape index (κ2) is 6.95. The van der Waals surface area contributed by atoms with Gasteiger partial charge in [0.25, 0.3) is 6.01 Å². The lowest BCUT2D eigenvalue weighted by Crippen LogP contribution is -2.36. The summed E-state index contributed by atoms with van der Waals surface area (Å²) in [4.78, 5) is 12.8. The highest BCUT2D eigenvalue weighted by molar-refractivity contribution is 5.87. The van der Waals surface area contributed by atoms with Gasteiger partial charge in [0, 0.05) is 48.0 Å². The Morgan fingerprint density at radius 2 is 1.93 bits per heavy atom. The van der Waals surface area contributed by atoms with Crippen LogP contribution in [0.2, 0.25) is 0 Å². The number of morpholine rings is 1. The van der Waals surface area contributed by atoms with Crippen molar-refractivity contribution in [1.82, 2.24) is 9.97 Å². The third-order valence-electron chi connectivity index (χ3n) is 6.19. The number of oxazole rings is 1. The molecule has 154 valence electrons. The van der Waals surface area contributed by atoms with E-state index in [-0.39, 0.29) is 0 Å². The zero-order valence-electron chi connectivity index (χ0n) is 17.0. The third-order valence-corrected chi connectivity index (χ3v) is 6.19. The number of nitrogens with one attached hydrogen (secondary N) is 1. The maximum Gasteiger partial charge on any atom is 0.298 e. The molecule has 1 N–H and O–H groups in total. The zero-order chi connectivity index (χ0) is 20.1. The molecule has 1 fully saturated rings. The quantitative estimate of drug-likeness (QED) is 0.561. The molecule has 4 aromatic rings. The summed E-state index contributed by atoms with van der Waals surface area (Å²) < 4.78 is 16.9. The maximum atomic E-state index is 6.09. The largest absolute Gasteiger partial charge is 0.497 e. The van der Waals surface area contributed by atoms with Gasteiger partial charge in [0.15, 0.2) is 5.58 Å². The minimum atomic E-state index is 0.691. The lowest BCUT2D eigenvalue weighted by atomic mass is 10.0. The Morgan fingerprint density at radius 1 is 1.03 bits per heavy atom. The first-order valence-corrected chi connectivity index (χ1v) is 10.4. The summed E-state index contributed by atoms with van der Waals surface area (Å²) in [6.45, 7) is 4.89. The molecule has 7 heteroatoms. The van der Waals surface area contributed by atoms with Crippen molar-refractivity contribution < 1.29 is 13.9 Å². The Kier molecular flexibility index (Phi) is 4.09. The Balaban J connectivity index is 1.29. The van der Waals surface area contributed by atoms with E-state index in [1.165, 1.54) is 22.2 Å². The van der Waals surface area contributed by atoms with Crippen LogP contribution in [0.15, 0.2) is 40.8 Å². The molecule has 0 saturated carbocycles. The third kappa shape index (κ3) is 2.89. The van der Waals surface area contributed by atoms with Gasteiger partial charge in [-0.2, -0.15) is 4.98 Å². The molecule has 30 heavy (non-hydrogen) atoms. The Hall–Kier alpha value is -3.19. The predicted octanol–water partition coefficient (Wildman–Crippen LogP) is 3.72. The lowest BCUT2D eigenvalue weighted by Gasteiger charge is -2.29. The van der Waals surface area contributed by atoms with E-state index in [1.54, 1.807) is 7.11 Å². The SMILES string of the molecule is COc1ccc2[nH]c3c(c2c1)CCN(c1ccc2nc(N4CCOCC4)oc2c1)C3. The van der Waals surface area contributed by atoms with Crippen molar-refractivity contribution in [2.75, 3.05) is 49.8 Å². The van der Waals surface area contributed by atoms with Crippen LogP contribution in [0, 0.1) is 0 Å². The van der Waals surface area contributed by atoms with Crippen molar-refractivity contribution in [3.05, 3.63) is 47.7 Å². The molecule has 7 nitrogen and oxygen atoms in total. The van der Waals surface area contributed by atoms with Gasteiger partial charge in [0.05, 0.1) is 26.9 Å². The summed E-state index contributed by atoms with van der Waals surface area (Å²) in [6, 6.07) is 13.2. The topological polar surface area (TPSA) is 66.8 Å². The number of methoxy groups -OCH3 is 1. The smallest absolute Gasteiger partial charge is 0.298 e. The van der Waals surface area contributed by atoms with Crippen LogP contribution in [-0.2, 0) is 17.7 Å². The van der Waals surface area contributed by atoms with Crippen LogP contribution in [0.4, 0.5) is 11.7 Å². The first-order valence-electron chi connectivity index (χ1n) is 10.4. The molecule has 0 spiro atoms. The predicted molar refractivity (Wildman–Crippen MR) is 117 cm³/mol.